The summed E-state index contributed by atoms with van der Waals surface area (Å²) in [4.78, 5) is 28.1. The summed E-state index contributed by atoms with van der Waals surface area (Å²) < 4.78 is 17.4. The van der Waals surface area contributed by atoms with Crippen LogP contribution in [0.4, 0.5) is 0 Å². The molecule has 0 bridgehead atoms. The van der Waals surface area contributed by atoms with Gasteiger partial charge in [-0.1, -0.05) is 42.5 Å². The standard InChI is InChI=1S/C27H23NO5/c1-17-24(29)20-9-6-10-21(26(20)33-25(17)19-7-4-3-5-8-19)27(30)28(2)16-18-11-12-22-23(15-18)32-14-13-31-22/h3-12,15H,13-14,16H2,1-2H3. The van der Waals surface area contributed by atoms with Crippen molar-refractivity contribution in [3.8, 4) is 22.8 Å². The van der Waals surface area contributed by atoms with Crippen molar-refractivity contribution in [1.82, 2.24) is 4.90 Å². The van der Waals surface area contributed by atoms with Gasteiger partial charge in [0.2, 0.25) is 0 Å². The first kappa shape index (κ1) is 20.8. The van der Waals surface area contributed by atoms with Crippen LogP contribution in [0.25, 0.3) is 22.3 Å². The highest BCUT2D eigenvalue weighted by Gasteiger charge is 2.21. The minimum atomic E-state index is -0.235. The predicted octanol–water partition coefficient (Wildman–Crippen LogP) is 4.81. The van der Waals surface area contributed by atoms with Crippen molar-refractivity contribution in [1.29, 1.82) is 0 Å². The number of nitrogens with zero attached hydrogens (tertiary/aromatic N) is 1. The van der Waals surface area contributed by atoms with Crippen molar-refractivity contribution in [3.05, 3.63) is 93.6 Å². The zero-order valence-electron chi connectivity index (χ0n) is 18.5. The first-order valence-corrected chi connectivity index (χ1v) is 10.8. The van der Waals surface area contributed by atoms with Crippen LogP contribution >= 0.6 is 0 Å². The molecule has 0 atom stereocenters. The molecule has 0 saturated carbocycles. The summed E-state index contributed by atoms with van der Waals surface area (Å²) in [7, 11) is 1.72. The van der Waals surface area contributed by atoms with Crippen LogP contribution in [0.1, 0.15) is 21.5 Å². The minimum absolute atomic E-state index is 0.140. The average molecular weight is 441 g/mol. The number of rotatable bonds is 4. The summed E-state index contributed by atoms with van der Waals surface area (Å²) in [6.45, 7) is 3.15. The van der Waals surface area contributed by atoms with E-state index in [9.17, 15) is 9.59 Å². The number of para-hydroxylation sites is 1. The molecule has 1 aromatic heterocycles. The summed E-state index contributed by atoms with van der Waals surface area (Å²) in [6.07, 6.45) is 0. The summed E-state index contributed by atoms with van der Waals surface area (Å²) in [5, 5.41) is 0.394. The quantitative estimate of drug-likeness (QED) is 0.455. The van der Waals surface area contributed by atoms with Gasteiger partial charge in [-0.3, -0.25) is 9.59 Å². The molecule has 0 aliphatic carbocycles. The molecule has 2 heterocycles. The van der Waals surface area contributed by atoms with Gasteiger partial charge >= 0.3 is 0 Å². The highest BCUT2D eigenvalue weighted by Crippen LogP contribution is 2.32. The van der Waals surface area contributed by atoms with Gasteiger partial charge in [-0.2, -0.15) is 0 Å². The third kappa shape index (κ3) is 3.84. The molecule has 6 heteroatoms. The Morgan fingerprint density at radius 2 is 1.70 bits per heavy atom. The molecule has 0 fully saturated rings. The molecule has 5 rings (SSSR count). The summed E-state index contributed by atoms with van der Waals surface area (Å²) in [6, 6.07) is 20.2. The minimum Gasteiger partial charge on any atom is -0.486 e. The Balaban J connectivity index is 1.52. The van der Waals surface area contributed by atoms with Crippen molar-refractivity contribution < 1.29 is 18.7 Å². The molecule has 0 spiro atoms. The SMILES string of the molecule is Cc1c(-c2ccccc2)oc2c(C(=O)N(C)Cc3ccc4c(c3)OCCO4)cccc2c1=O. The van der Waals surface area contributed by atoms with Crippen molar-refractivity contribution in [2.75, 3.05) is 20.3 Å². The monoisotopic (exact) mass is 441 g/mol. The maximum atomic E-state index is 13.4. The fourth-order valence-electron chi connectivity index (χ4n) is 4.08. The normalized spacial score (nSPS) is 12.5. The van der Waals surface area contributed by atoms with E-state index >= 15 is 0 Å². The van der Waals surface area contributed by atoms with Gasteiger partial charge in [0.1, 0.15) is 19.0 Å². The lowest BCUT2D eigenvalue weighted by molar-refractivity contribution is 0.0785. The molecular formula is C27H23NO5. The predicted molar refractivity (Wildman–Crippen MR) is 126 cm³/mol. The van der Waals surface area contributed by atoms with E-state index in [0.717, 1.165) is 11.1 Å². The molecule has 166 valence electrons. The van der Waals surface area contributed by atoms with Crippen molar-refractivity contribution >= 4 is 16.9 Å². The smallest absolute Gasteiger partial charge is 0.257 e. The molecule has 1 amide bonds. The maximum Gasteiger partial charge on any atom is 0.257 e. The van der Waals surface area contributed by atoms with Gasteiger partial charge in [-0.05, 0) is 36.8 Å². The zero-order chi connectivity index (χ0) is 22.9. The van der Waals surface area contributed by atoms with E-state index in [1.54, 1.807) is 37.1 Å². The molecule has 1 aliphatic rings. The lowest BCUT2D eigenvalue weighted by atomic mass is 10.0. The first-order chi connectivity index (χ1) is 16.0. The van der Waals surface area contributed by atoms with E-state index in [1.165, 1.54) is 0 Å². The van der Waals surface area contributed by atoms with E-state index in [4.69, 9.17) is 13.9 Å². The Kier molecular flexibility index (Phi) is 5.34. The maximum absolute atomic E-state index is 13.4. The zero-order valence-corrected chi connectivity index (χ0v) is 18.5. The molecule has 33 heavy (non-hydrogen) atoms. The number of fused-ring (bicyclic) bond motifs is 2. The Morgan fingerprint density at radius 1 is 0.939 bits per heavy atom. The Morgan fingerprint density at radius 3 is 2.48 bits per heavy atom. The second kappa shape index (κ2) is 8.47. The van der Waals surface area contributed by atoms with Crippen LogP contribution in [0, 0.1) is 6.92 Å². The molecular weight excluding hydrogens is 418 g/mol. The lowest BCUT2D eigenvalue weighted by Crippen LogP contribution is -2.27. The Hall–Kier alpha value is -4.06. The number of hydrogen-bond acceptors (Lipinski definition) is 5. The molecule has 0 N–H and O–H groups in total. The van der Waals surface area contributed by atoms with Gasteiger partial charge < -0.3 is 18.8 Å². The van der Waals surface area contributed by atoms with Crippen molar-refractivity contribution in [3.63, 3.8) is 0 Å². The second-order valence-electron chi connectivity index (χ2n) is 8.07. The van der Waals surface area contributed by atoms with Gasteiger partial charge in [-0.15, -0.1) is 0 Å². The first-order valence-electron chi connectivity index (χ1n) is 10.8. The highest BCUT2D eigenvalue weighted by molar-refractivity contribution is 6.05. The van der Waals surface area contributed by atoms with Crippen LogP contribution in [0.3, 0.4) is 0 Å². The molecule has 0 radical (unpaired) electrons. The number of carbonyl (C=O) groups excluding carboxylic acids is 1. The van der Waals surface area contributed by atoms with Crippen LogP contribution in [0.15, 0.2) is 75.9 Å². The number of ether oxygens (including phenoxy) is 2. The van der Waals surface area contributed by atoms with Crippen molar-refractivity contribution in [2.24, 2.45) is 0 Å². The van der Waals surface area contributed by atoms with Crippen LogP contribution in [-0.2, 0) is 6.54 Å². The van der Waals surface area contributed by atoms with E-state index in [1.807, 2.05) is 48.5 Å². The van der Waals surface area contributed by atoms with E-state index < -0.39 is 0 Å². The molecule has 0 saturated heterocycles. The average Bonchev–Trinajstić information content (AvgIpc) is 2.86. The van der Waals surface area contributed by atoms with Gasteiger partial charge in [0, 0.05) is 24.7 Å². The fraction of sp³-hybridized carbons (Fsp3) is 0.185. The van der Waals surface area contributed by atoms with Crippen LogP contribution in [0.5, 0.6) is 11.5 Å². The molecule has 1 aliphatic heterocycles. The molecule has 4 aromatic rings. The topological polar surface area (TPSA) is 69.0 Å². The van der Waals surface area contributed by atoms with E-state index in [-0.39, 0.29) is 11.3 Å². The number of benzene rings is 3. The van der Waals surface area contributed by atoms with Gasteiger partial charge in [0.05, 0.1) is 10.9 Å². The summed E-state index contributed by atoms with van der Waals surface area (Å²) in [5.41, 5.74) is 2.73. The van der Waals surface area contributed by atoms with Gasteiger partial charge in [-0.25, -0.2) is 0 Å². The third-order valence-corrected chi connectivity index (χ3v) is 5.78. The van der Waals surface area contributed by atoms with Gasteiger partial charge in [0.25, 0.3) is 5.91 Å². The summed E-state index contributed by atoms with van der Waals surface area (Å²) >= 11 is 0. The molecule has 6 nitrogen and oxygen atoms in total. The number of carbonyl (C=O) groups is 1. The second-order valence-corrected chi connectivity index (χ2v) is 8.07. The highest BCUT2D eigenvalue weighted by atomic mass is 16.6. The fourth-order valence-corrected chi connectivity index (χ4v) is 4.08. The third-order valence-electron chi connectivity index (χ3n) is 5.78. The Labute approximate surface area is 191 Å². The molecule has 0 unspecified atom stereocenters. The summed E-state index contributed by atoms with van der Waals surface area (Å²) in [5.74, 6) is 1.63. The van der Waals surface area contributed by atoms with E-state index in [2.05, 4.69) is 0 Å². The van der Waals surface area contributed by atoms with E-state index in [0.29, 0.717) is 59.1 Å². The van der Waals surface area contributed by atoms with Crippen LogP contribution in [0.2, 0.25) is 0 Å². The number of amides is 1. The lowest BCUT2D eigenvalue weighted by Gasteiger charge is -2.21. The van der Waals surface area contributed by atoms with Crippen molar-refractivity contribution in [2.45, 2.75) is 13.5 Å². The Bertz CT molecular complexity index is 1410. The number of hydrogen-bond donors (Lipinski definition) is 0. The largest absolute Gasteiger partial charge is 0.486 e. The van der Waals surface area contributed by atoms with Crippen LogP contribution in [-0.4, -0.2) is 31.1 Å². The van der Waals surface area contributed by atoms with Crippen LogP contribution < -0.4 is 14.9 Å². The van der Waals surface area contributed by atoms with Gasteiger partial charge in [0.15, 0.2) is 22.5 Å². The molecule has 3 aromatic carbocycles.